The van der Waals surface area contributed by atoms with Crippen LogP contribution in [0.25, 0.3) is 0 Å². The van der Waals surface area contributed by atoms with Gasteiger partial charge in [-0.2, -0.15) is 5.10 Å². The van der Waals surface area contributed by atoms with Crippen LogP contribution in [0.2, 0.25) is 0 Å². The Balaban J connectivity index is 3.31. The predicted octanol–water partition coefficient (Wildman–Crippen LogP) is -1.28. The molecule has 0 aliphatic carbocycles. The molecule has 1 aromatic rings. The smallest absolute Gasteiger partial charge is 0.423 e. The maximum absolute atomic E-state index is 8.98. The van der Waals surface area contributed by atoms with Gasteiger partial charge in [-0.15, -0.1) is 0 Å². The minimum Gasteiger partial charge on any atom is -0.423 e. The standard InChI is InChI=1S/C6H11BN2O2/c1-4-6(7(10)11)5(2)9(3)8-4/h10-11H,1-3H3/i3D3. The molecule has 0 saturated heterocycles. The molecule has 60 valence electrons. The van der Waals surface area contributed by atoms with Gasteiger partial charge in [0.15, 0.2) is 0 Å². The van der Waals surface area contributed by atoms with Crippen molar-refractivity contribution >= 4 is 12.6 Å². The highest BCUT2D eigenvalue weighted by Crippen LogP contribution is 1.96. The minimum absolute atomic E-state index is 0.154. The fourth-order valence-electron chi connectivity index (χ4n) is 1.03. The molecule has 4 nitrogen and oxygen atoms in total. The van der Waals surface area contributed by atoms with Gasteiger partial charge in [0.25, 0.3) is 0 Å². The number of aryl methyl sites for hydroxylation is 2. The second-order valence-corrected chi connectivity index (χ2v) is 2.37. The third-order valence-corrected chi connectivity index (χ3v) is 1.61. The molecule has 0 aliphatic rings. The summed E-state index contributed by atoms with van der Waals surface area (Å²) in [7, 11) is -1.69. The highest BCUT2D eigenvalue weighted by Gasteiger charge is 2.20. The van der Waals surface area contributed by atoms with E-state index in [2.05, 4.69) is 5.10 Å². The molecule has 0 unspecified atom stereocenters. The average Bonchev–Trinajstić information content (AvgIpc) is 2.24. The van der Waals surface area contributed by atoms with E-state index in [4.69, 9.17) is 14.2 Å². The molecule has 1 heterocycles. The minimum atomic E-state index is -2.39. The molecule has 0 aliphatic heterocycles. The van der Waals surface area contributed by atoms with Crippen LogP contribution in [0.15, 0.2) is 0 Å². The average molecular weight is 157 g/mol. The predicted molar refractivity (Wildman–Crippen MR) is 42.5 cm³/mol. The van der Waals surface area contributed by atoms with Crippen molar-refractivity contribution in [2.45, 2.75) is 13.8 Å². The van der Waals surface area contributed by atoms with E-state index < -0.39 is 14.1 Å². The van der Waals surface area contributed by atoms with Crippen molar-refractivity contribution in [1.82, 2.24) is 9.78 Å². The number of rotatable bonds is 1. The monoisotopic (exact) mass is 157 g/mol. The Labute approximate surface area is 69.8 Å². The number of hydrogen-bond donors (Lipinski definition) is 2. The lowest BCUT2D eigenvalue weighted by Gasteiger charge is -1.97. The molecule has 0 radical (unpaired) electrons. The van der Waals surface area contributed by atoms with Gasteiger partial charge in [0.05, 0.1) is 5.69 Å². The Kier molecular flexibility index (Phi) is 1.20. The summed E-state index contributed by atoms with van der Waals surface area (Å²) in [5.41, 5.74) is 0.715. The molecular formula is C6H11BN2O2. The molecule has 0 fully saturated rings. The Morgan fingerprint density at radius 3 is 2.45 bits per heavy atom. The summed E-state index contributed by atoms with van der Waals surface area (Å²) in [5.74, 6) is 0. The molecule has 2 N–H and O–H groups in total. The van der Waals surface area contributed by atoms with Gasteiger partial charge < -0.3 is 10.0 Å². The van der Waals surface area contributed by atoms with E-state index in [-0.39, 0.29) is 11.2 Å². The molecule has 0 saturated carbocycles. The van der Waals surface area contributed by atoms with Crippen molar-refractivity contribution in [3.63, 3.8) is 0 Å². The van der Waals surface area contributed by atoms with E-state index in [9.17, 15) is 0 Å². The van der Waals surface area contributed by atoms with E-state index in [0.717, 1.165) is 4.68 Å². The van der Waals surface area contributed by atoms with E-state index in [1.54, 1.807) is 0 Å². The van der Waals surface area contributed by atoms with Crippen molar-refractivity contribution in [3.05, 3.63) is 11.4 Å². The van der Waals surface area contributed by atoms with E-state index >= 15 is 0 Å². The summed E-state index contributed by atoms with van der Waals surface area (Å²) in [6, 6.07) is 0. The Bertz CT molecular complexity index is 348. The van der Waals surface area contributed by atoms with Crippen molar-refractivity contribution in [3.8, 4) is 0 Å². The highest BCUT2D eigenvalue weighted by atomic mass is 16.4. The Morgan fingerprint density at radius 1 is 1.55 bits per heavy atom. The summed E-state index contributed by atoms with van der Waals surface area (Å²) in [6.45, 7) is 0.632. The van der Waals surface area contributed by atoms with Gasteiger partial charge >= 0.3 is 7.12 Å². The maximum atomic E-state index is 8.98. The number of nitrogens with zero attached hydrogens (tertiary/aromatic N) is 2. The third kappa shape index (κ3) is 1.29. The molecule has 0 atom stereocenters. The summed E-state index contributed by atoms with van der Waals surface area (Å²) in [6.07, 6.45) is 0. The van der Waals surface area contributed by atoms with Gasteiger partial charge in [-0.05, 0) is 13.8 Å². The van der Waals surface area contributed by atoms with Crippen molar-refractivity contribution in [2.24, 2.45) is 6.98 Å². The van der Waals surface area contributed by atoms with Crippen molar-refractivity contribution in [2.75, 3.05) is 0 Å². The van der Waals surface area contributed by atoms with Crippen LogP contribution < -0.4 is 5.46 Å². The zero-order valence-electron chi connectivity index (χ0n) is 9.37. The summed E-state index contributed by atoms with van der Waals surface area (Å²) >= 11 is 0. The second kappa shape index (κ2) is 2.67. The van der Waals surface area contributed by atoms with Crippen LogP contribution in [-0.2, 0) is 6.98 Å². The molecule has 1 aromatic heterocycles. The maximum Gasteiger partial charge on any atom is 0.492 e. The summed E-state index contributed by atoms with van der Waals surface area (Å²) in [4.78, 5) is 0. The second-order valence-electron chi connectivity index (χ2n) is 2.37. The van der Waals surface area contributed by atoms with Crippen LogP contribution in [0, 0.1) is 13.8 Å². The van der Waals surface area contributed by atoms with Crippen LogP contribution in [-0.4, -0.2) is 26.9 Å². The molecule has 0 spiro atoms. The van der Waals surface area contributed by atoms with Crippen molar-refractivity contribution < 1.29 is 14.2 Å². The lowest BCUT2D eigenvalue weighted by Crippen LogP contribution is -2.33. The Morgan fingerprint density at radius 2 is 2.18 bits per heavy atom. The first-order valence-electron chi connectivity index (χ1n) is 4.68. The van der Waals surface area contributed by atoms with Crippen LogP contribution in [0.5, 0.6) is 0 Å². The first kappa shape index (κ1) is 4.95. The van der Waals surface area contributed by atoms with Gasteiger partial charge in [-0.1, -0.05) is 0 Å². The van der Waals surface area contributed by atoms with Gasteiger partial charge in [-0.25, -0.2) is 0 Å². The van der Waals surface area contributed by atoms with Crippen LogP contribution in [0.1, 0.15) is 15.5 Å². The third-order valence-electron chi connectivity index (χ3n) is 1.61. The van der Waals surface area contributed by atoms with Gasteiger partial charge in [0.1, 0.15) is 0 Å². The summed E-state index contributed by atoms with van der Waals surface area (Å²) in [5, 5.41) is 21.7. The lowest BCUT2D eigenvalue weighted by molar-refractivity contribution is 0.425. The number of hydrogen-bond acceptors (Lipinski definition) is 3. The Hall–Kier alpha value is -0.805. The summed E-state index contributed by atoms with van der Waals surface area (Å²) < 4.78 is 22.2. The zero-order valence-corrected chi connectivity index (χ0v) is 6.37. The van der Waals surface area contributed by atoms with Crippen molar-refractivity contribution in [1.29, 1.82) is 0 Å². The first-order chi connectivity index (χ1) is 6.25. The van der Waals surface area contributed by atoms with Gasteiger partial charge in [-0.3, -0.25) is 4.68 Å². The lowest BCUT2D eigenvalue weighted by atomic mass is 9.78. The highest BCUT2D eigenvalue weighted by molar-refractivity contribution is 6.59. The SMILES string of the molecule is [2H]C([2H])([2H])n1nc(C)c(B(O)O)c1C. The largest absolute Gasteiger partial charge is 0.492 e. The fourth-order valence-corrected chi connectivity index (χ4v) is 1.03. The fraction of sp³-hybridized carbons (Fsp3) is 0.500. The van der Waals surface area contributed by atoms with E-state index in [0.29, 0.717) is 5.69 Å². The molecule has 1 rings (SSSR count). The molecule has 0 aromatic carbocycles. The first-order valence-corrected chi connectivity index (χ1v) is 3.18. The van der Waals surface area contributed by atoms with Crippen LogP contribution in [0.4, 0.5) is 0 Å². The van der Waals surface area contributed by atoms with Crippen LogP contribution >= 0.6 is 0 Å². The molecule has 0 amide bonds. The van der Waals surface area contributed by atoms with Gasteiger partial charge in [0.2, 0.25) is 0 Å². The zero-order chi connectivity index (χ0) is 11.1. The van der Waals surface area contributed by atoms with E-state index in [1.165, 1.54) is 13.8 Å². The van der Waals surface area contributed by atoms with Crippen LogP contribution in [0.3, 0.4) is 0 Å². The molecule has 11 heavy (non-hydrogen) atoms. The normalized spacial score (nSPS) is 15.5. The molecular weight excluding hydrogens is 143 g/mol. The quantitative estimate of drug-likeness (QED) is 0.499. The van der Waals surface area contributed by atoms with E-state index in [1.807, 2.05) is 0 Å². The number of aromatic nitrogens is 2. The molecule has 5 heteroatoms. The van der Waals surface area contributed by atoms with Gasteiger partial charge in [0, 0.05) is 22.2 Å². The molecule has 0 bridgehead atoms. The topological polar surface area (TPSA) is 58.3 Å².